The molecule has 0 amide bonds. The Morgan fingerprint density at radius 1 is 1.00 bits per heavy atom. The first-order valence-corrected chi connectivity index (χ1v) is 5.29. The van der Waals surface area contributed by atoms with Gasteiger partial charge in [0.05, 0.1) is 0 Å². The summed E-state index contributed by atoms with van der Waals surface area (Å²) >= 11 is 0. The van der Waals surface area contributed by atoms with Gasteiger partial charge >= 0.3 is 0 Å². The number of para-hydroxylation sites is 3. The van der Waals surface area contributed by atoms with Crippen LogP contribution in [0.4, 0.5) is 0 Å². The molecule has 1 aromatic heterocycles. The smallest absolute Gasteiger partial charge is 0.188 e. The molecule has 0 fully saturated rings. The van der Waals surface area contributed by atoms with Crippen molar-refractivity contribution in [1.82, 2.24) is 9.13 Å². The number of fused-ring (bicyclic) bond motifs is 1. The molecule has 0 bridgehead atoms. The SMILES string of the molecule is Cn1[cH+]n(-c2[c-]cccc2)c2ccccc21.[Pt]. The molecule has 0 aliphatic carbocycles. The minimum atomic E-state index is 0. The average Bonchev–Trinajstić information content (AvgIpc) is 2.69. The molecule has 3 rings (SSSR count). The van der Waals surface area contributed by atoms with Crippen molar-refractivity contribution in [1.29, 1.82) is 0 Å². The first-order chi connectivity index (χ1) is 7.86. The van der Waals surface area contributed by atoms with E-state index in [4.69, 9.17) is 0 Å². The molecule has 0 aliphatic heterocycles. The Hall–Kier alpha value is -1.40. The van der Waals surface area contributed by atoms with Gasteiger partial charge in [0.1, 0.15) is 0 Å². The summed E-state index contributed by atoms with van der Waals surface area (Å²) in [4.78, 5) is 0. The van der Waals surface area contributed by atoms with Gasteiger partial charge in [-0.2, -0.15) is 18.2 Å². The number of rotatable bonds is 1. The Morgan fingerprint density at radius 3 is 2.41 bits per heavy atom. The molecular weight excluding hydrogens is 391 g/mol. The van der Waals surface area contributed by atoms with Gasteiger partial charge in [-0.3, -0.25) is 0 Å². The van der Waals surface area contributed by atoms with E-state index in [1.165, 1.54) is 11.0 Å². The minimum Gasteiger partial charge on any atom is -0.248 e. The first kappa shape index (κ1) is 12.1. The maximum atomic E-state index is 3.24. The van der Waals surface area contributed by atoms with Gasteiger partial charge < -0.3 is 0 Å². The quantitative estimate of drug-likeness (QED) is 0.553. The topological polar surface area (TPSA) is 9.86 Å². The summed E-state index contributed by atoms with van der Waals surface area (Å²) in [6.45, 7) is 0. The van der Waals surface area contributed by atoms with Crippen LogP contribution in [0, 0.1) is 6.07 Å². The molecule has 1 heterocycles. The Kier molecular flexibility index (Phi) is 3.44. The second-order valence-electron chi connectivity index (χ2n) is 3.83. The van der Waals surface area contributed by atoms with Gasteiger partial charge in [0.15, 0.2) is 17.4 Å². The number of benzene rings is 2. The molecule has 88 valence electrons. The molecule has 0 saturated heterocycles. The molecule has 3 aromatic rings. The number of imidazole rings is 1. The molecule has 2 aromatic carbocycles. The second kappa shape index (κ2) is 4.85. The first-order valence-electron chi connectivity index (χ1n) is 5.29. The number of hydrogen-bond donors (Lipinski definition) is 0. The van der Waals surface area contributed by atoms with E-state index in [1.54, 1.807) is 0 Å². The van der Waals surface area contributed by atoms with Crippen LogP contribution in [0.1, 0.15) is 0 Å². The van der Waals surface area contributed by atoms with Crippen molar-refractivity contribution in [3.63, 3.8) is 0 Å². The van der Waals surface area contributed by atoms with Crippen LogP contribution in [0.3, 0.4) is 0 Å². The van der Waals surface area contributed by atoms with E-state index < -0.39 is 0 Å². The van der Waals surface area contributed by atoms with Gasteiger partial charge in [0.2, 0.25) is 0 Å². The van der Waals surface area contributed by atoms with Gasteiger partial charge in [-0.25, -0.2) is 9.13 Å². The third-order valence-corrected chi connectivity index (χ3v) is 2.76. The average molecular weight is 403 g/mol. The Labute approximate surface area is 115 Å². The fraction of sp³-hybridized carbons (Fsp3) is 0.0714. The van der Waals surface area contributed by atoms with Crippen LogP contribution < -0.4 is 0 Å². The summed E-state index contributed by atoms with van der Waals surface area (Å²) in [6, 6.07) is 19.6. The molecule has 0 N–H and O–H groups in total. The van der Waals surface area contributed by atoms with Crippen molar-refractivity contribution < 1.29 is 21.1 Å². The van der Waals surface area contributed by atoms with Crippen LogP contribution in [0.2, 0.25) is 0 Å². The molecule has 0 aliphatic rings. The van der Waals surface area contributed by atoms with Crippen molar-refractivity contribution >= 4 is 11.0 Å². The van der Waals surface area contributed by atoms with Crippen LogP contribution >= 0.6 is 0 Å². The monoisotopic (exact) mass is 403 g/mol. The van der Waals surface area contributed by atoms with E-state index in [9.17, 15) is 0 Å². The Morgan fingerprint density at radius 2 is 1.71 bits per heavy atom. The van der Waals surface area contributed by atoms with Crippen molar-refractivity contribution in [3.05, 3.63) is 60.9 Å². The van der Waals surface area contributed by atoms with E-state index in [1.807, 2.05) is 18.2 Å². The Balaban J connectivity index is 0.00000108. The van der Waals surface area contributed by atoms with Gasteiger partial charge in [-0.05, 0) is 12.1 Å². The van der Waals surface area contributed by atoms with Gasteiger partial charge in [0, 0.05) is 45.9 Å². The summed E-state index contributed by atoms with van der Waals surface area (Å²) in [5, 5.41) is 0. The largest absolute Gasteiger partial charge is 0.248 e. The molecule has 0 unspecified atom stereocenters. The van der Waals surface area contributed by atoms with Crippen LogP contribution in [0.25, 0.3) is 16.7 Å². The predicted octanol–water partition coefficient (Wildman–Crippen LogP) is 3.05. The summed E-state index contributed by atoms with van der Waals surface area (Å²) in [5.41, 5.74) is 3.49. The van der Waals surface area contributed by atoms with E-state index in [0.717, 1.165) is 5.69 Å². The van der Waals surface area contributed by atoms with Crippen LogP contribution in [-0.4, -0.2) is 9.13 Å². The van der Waals surface area contributed by atoms with Crippen LogP contribution in [-0.2, 0) is 28.1 Å². The normalized spacial score (nSPS) is 10.2. The zero-order valence-corrected chi connectivity index (χ0v) is 11.7. The van der Waals surface area contributed by atoms with E-state index in [-0.39, 0.29) is 21.1 Å². The summed E-state index contributed by atoms with van der Waals surface area (Å²) in [5.74, 6) is 0. The molecule has 0 saturated carbocycles. The van der Waals surface area contributed by atoms with Gasteiger partial charge in [-0.15, -0.1) is 12.1 Å². The molecule has 0 spiro atoms. The maximum Gasteiger partial charge on any atom is 0.188 e. The van der Waals surface area contributed by atoms with Crippen molar-refractivity contribution in [2.45, 2.75) is 0 Å². The van der Waals surface area contributed by atoms with Crippen LogP contribution in [0.5, 0.6) is 0 Å². The zero-order valence-electron chi connectivity index (χ0n) is 9.41. The van der Waals surface area contributed by atoms with E-state index in [2.05, 4.69) is 58.9 Å². The molecule has 0 atom stereocenters. The third kappa shape index (κ3) is 2.05. The summed E-state index contributed by atoms with van der Waals surface area (Å²) in [6.07, 6.45) is 2.08. The Bertz CT molecular complexity index is 629. The number of nitrogens with zero attached hydrogens (tertiary/aromatic N) is 2. The fourth-order valence-electron chi connectivity index (χ4n) is 1.99. The standard InChI is InChI=1S/C14H12N2.Pt/c1-15-11-16(12-7-3-2-4-8-12)14-10-6-5-9-13(14)15;/h2-7,9-11H,1H3;. The number of aryl methyl sites for hydroxylation is 1. The van der Waals surface area contributed by atoms with E-state index in [0.29, 0.717) is 0 Å². The van der Waals surface area contributed by atoms with Gasteiger partial charge in [-0.1, -0.05) is 0 Å². The summed E-state index contributed by atoms with van der Waals surface area (Å²) < 4.78 is 4.27. The minimum absolute atomic E-state index is 0. The molecular formula is C14H12N2Pt. The maximum absolute atomic E-state index is 3.24. The molecule has 3 heteroatoms. The fourth-order valence-corrected chi connectivity index (χ4v) is 1.99. The zero-order chi connectivity index (χ0) is 11.0. The predicted molar refractivity (Wildman–Crippen MR) is 65.5 cm³/mol. The van der Waals surface area contributed by atoms with Crippen molar-refractivity contribution in [2.75, 3.05) is 0 Å². The molecule has 17 heavy (non-hydrogen) atoms. The number of hydrogen-bond acceptors (Lipinski definition) is 0. The number of aromatic nitrogens is 2. The molecule has 0 radical (unpaired) electrons. The van der Waals surface area contributed by atoms with Crippen LogP contribution in [0.15, 0.2) is 54.9 Å². The molecule has 2 nitrogen and oxygen atoms in total. The van der Waals surface area contributed by atoms with Gasteiger partial charge in [0.25, 0.3) is 0 Å². The third-order valence-electron chi connectivity index (χ3n) is 2.76. The van der Waals surface area contributed by atoms with Crippen molar-refractivity contribution in [2.24, 2.45) is 7.05 Å². The summed E-state index contributed by atoms with van der Waals surface area (Å²) in [7, 11) is 2.06. The van der Waals surface area contributed by atoms with Crippen molar-refractivity contribution in [3.8, 4) is 5.69 Å². The second-order valence-corrected chi connectivity index (χ2v) is 3.83. The van der Waals surface area contributed by atoms with E-state index >= 15 is 0 Å².